The lowest BCUT2D eigenvalue weighted by Crippen LogP contribution is -2.41. The van der Waals surface area contributed by atoms with Crippen LogP contribution in [0.1, 0.15) is 37.9 Å². The number of allylic oxidation sites excluding steroid dienone is 1. The van der Waals surface area contributed by atoms with Crippen LogP contribution in [0.5, 0.6) is 0 Å². The molecule has 0 saturated heterocycles. The Kier molecular flexibility index (Phi) is 5.72. The van der Waals surface area contributed by atoms with Crippen molar-refractivity contribution in [1.82, 2.24) is 4.57 Å². The smallest absolute Gasteiger partial charge is 0.338 e. The van der Waals surface area contributed by atoms with E-state index in [-0.39, 0.29) is 22.6 Å². The van der Waals surface area contributed by atoms with Gasteiger partial charge in [0, 0.05) is 12.1 Å². The highest BCUT2D eigenvalue weighted by atomic mass is 32.1. The fourth-order valence-corrected chi connectivity index (χ4v) is 5.75. The fraction of sp³-hybridized carbons (Fsp3) is 0.231. The summed E-state index contributed by atoms with van der Waals surface area (Å²) in [5, 5.41) is 0. The lowest BCUT2D eigenvalue weighted by atomic mass is 9.96. The lowest BCUT2D eigenvalue weighted by molar-refractivity contribution is -0.139. The molecular formula is C26H22FN3O4S. The quantitative estimate of drug-likeness (QED) is 0.526. The number of benzene rings is 2. The lowest BCUT2D eigenvalue weighted by Gasteiger charge is -2.24. The standard InChI is InChI=1S/C26H22FN3O4S/c1-4-29-18-9-7-6-8-17(18)20(23(29)31)22-24(32)30-21(15-10-12-16(27)13-11-15)19(25(33)34-5-2)14(3)28-26(30)35-22/h6-13,21H,4-5H2,1-3H3/b22-20+/t21-/m0/s1. The minimum absolute atomic E-state index is 0.151. The number of hydrogen-bond donors (Lipinski definition) is 0. The molecule has 0 aliphatic carbocycles. The van der Waals surface area contributed by atoms with Gasteiger partial charge in [0.1, 0.15) is 10.3 Å². The second-order valence-corrected chi connectivity index (χ2v) is 9.09. The number of rotatable bonds is 4. The zero-order chi connectivity index (χ0) is 24.9. The second-order valence-electron chi connectivity index (χ2n) is 8.12. The van der Waals surface area contributed by atoms with E-state index in [2.05, 4.69) is 4.99 Å². The number of likely N-dealkylation sites (N-methyl/N-ethyl adjacent to an activating group) is 1. The van der Waals surface area contributed by atoms with E-state index in [4.69, 9.17) is 4.74 Å². The Morgan fingerprint density at radius 1 is 1.11 bits per heavy atom. The molecule has 0 spiro atoms. The van der Waals surface area contributed by atoms with Crippen molar-refractivity contribution < 1.29 is 18.7 Å². The molecule has 2 aliphatic rings. The monoisotopic (exact) mass is 491 g/mol. The number of anilines is 1. The molecule has 3 aromatic rings. The topological polar surface area (TPSA) is 81.0 Å². The molecule has 2 aromatic carbocycles. The summed E-state index contributed by atoms with van der Waals surface area (Å²) in [6, 6.07) is 12.1. The molecule has 1 amide bonds. The molecule has 0 fully saturated rings. The molecule has 1 aromatic heterocycles. The third kappa shape index (κ3) is 3.54. The molecule has 2 aliphatic heterocycles. The van der Waals surface area contributed by atoms with Crippen LogP contribution in [0.15, 0.2) is 69.6 Å². The number of thiazole rings is 1. The number of nitrogens with zero attached hydrogens (tertiary/aromatic N) is 3. The molecule has 5 rings (SSSR count). The number of esters is 1. The fourth-order valence-electron chi connectivity index (χ4n) is 4.62. The van der Waals surface area contributed by atoms with E-state index in [0.29, 0.717) is 33.7 Å². The Balaban J connectivity index is 1.83. The van der Waals surface area contributed by atoms with Crippen molar-refractivity contribution in [2.75, 3.05) is 18.1 Å². The number of hydrogen-bond acceptors (Lipinski definition) is 6. The zero-order valence-corrected chi connectivity index (χ0v) is 20.2. The van der Waals surface area contributed by atoms with Crippen LogP contribution >= 0.6 is 11.3 Å². The molecular weight excluding hydrogens is 469 g/mol. The molecule has 0 radical (unpaired) electrons. The number of aromatic nitrogens is 1. The molecule has 0 unspecified atom stereocenters. The number of para-hydroxylation sites is 1. The van der Waals surface area contributed by atoms with E-state index >= 15 is 0 Å². The molecule has 178 valence electrons. The van der Waals surface area contributed by atoms with Crippen molar-refractivity contribution in [1.29, 1.82) is 0 Å². The van der Waals surface area contributed by atoms with Gasteiger partial charge in [-0.2, -0.15) is 0 Å². The van der Waals surface area contributed by atoms with Gasteiger partial charge < -0.3 is 9.64 Å². The highest BCUT2D eigenvalue weighted by molar-refractivity contribution is 7.07. The maximum atomic E-state index is 13.9. The summed E-state index contributed by atoms with van der Waals surface area (Å²) in [6.45, 7) is 5.86. The summed E-state index contributed by atoms with van der Waals surface area (Å²) in [7, 11) is 0. The first-order valence-electron chi connectivity index (χ1n) is 11.3. The van der Waals surface area contributed by atoms with Crippen LogP contribution in [0.2, 0.25) is 0 Å². The summed E-state index contributed by atoms with van der Waals surface area (Å²) < 4.78 is 20.6. The van der Waals surface area contributed by atoms with Crippen molar-refractivity contribution in [3.63, 3.8) is 0 Å². The summed E-state index contributed by atoms with van der Waals surface area (Å²) in [5.41, 5.74) is 2.47. The van der Waals surface area contributed by atoms with Crippen molar-refractivity contribution in [2.24, 2.45) is 4.99 Å². The maximum Gasteiger partial charge on any atom is 0.338 e. The van der Waals surface area contributed by atoms with Crippen molar-refractivity contribution >= 4 is 34.5 Å². The van der Waals surface area contributed by atoms with Crippen molar-refractivity contribution in [3.8, 4) is 0 Å². The van der Waals surface area contributed by atoms with Gasteiger partial charge in [-0.15, -0.1) is 0 Å². The Morgan fingerprint density at radius 3 is 2.51 bits per heavy atom. The van der Waals surface area contributed by atoms with Crippen LogP contribution in [-0.2, 0) is 14.3 Å². The van der Waals surface area contributed by atoms with Gasteiger partial charge in [-0.3, -0.25) is 14.2 Å². The number of amides is 1. The molecule has 0 bridgehead atoms. The van der Waals surface area contributed by atoms with Crippen molar-refractivity contribution in [3.05, 3.63) is 96.4 Å². The Hall–Kier alpha value is -3.85. The number of fused-ring (bicyclic) bond motifs is 2. The molecule has 1 atom stereocenters. The van der Waals surface area contributed by atoms with Crippen LogP contribution in [0.4, 0.5) is 10.1 Å². The van der Waals surface area contributed by atoms with E-state index in [1.54, 1.807) is 18.7 Å². The molecule has 3 heterocycles. The van der Waals surface area contributed by atoms with Gasteiger partial charge in [0.25, 0.3) is 11.5 Å². The zero-order valence-electron chi connectivity index (χ0n) is 19.4. The van der Waals surface area contributed by atoms with Crippen LogP contribution in [0.25, 0.3) is 5.57 Å². The molecule has 9 heteroatoms. The predicted octanol–water partition coefficient (Wildman–Crippen LogP) is 2.67. The number of carbonyl (C=O) groups is 2. The highest BCUT2D eigenvalue weighted by Gasteiger charge is 2.36. The van der Waals surface area contributed by atoms with Crippen LogP contribution in [0, 0.1) is 5.82 Å². The third-order valence-electron chi connectivity index (χ3n) is 6.14. The van der Waals surface area contributed by atoms with Crippen LogP contribution in [-0.4, -0.2) is 29.6 Å². The Morgan fingerprint density at radius 2 is 1.83 bits per heavy atom. The Bertz CT molecular complexity index is 1580. The van der Waals surface area contributed by atoms with E-state index in [1.807, 2.05) is 31.2 Å². The average molecular weight is 492 g/mol. The van der Waals surface area contributed by atoms with Gasteiger partial charge in [0.2, 0.25) is 0 Å². The normalized spacial score (nSPS) is 18.3. The molecule has 0 saturated carbocycles. The predicted molar refractivity (Wildman–Crippen MR) is 130 cm³/mol. The van der Waals surface area contributed by atoms with Gasteiger partial charge in [-0.05, 0) is 44.5 Å². The minimum Gasteiger partial charge on any atom is -0.463 e. The first kappa shape index (κ1) is 22.9. The van der Waals surface area contributed by atoms with Crippen LogP contribution in [0.3, 0.4) is 0 Å². The van der Waals surface area contributed by atoms with E-state index < -0.39 is 23.4 Å². The second kappa shape index (κ2) is 8.74. The number of carbonyl (C=O) groups excluding carboxylic acids is 2. The van der Waals surface area contributed by atoms with E-state index in [1.165, 1.54) is 28.8 Å². The first-order chi connectivity index (χ1) is 16.9. The summed E-state index contributed by atoms with van der Waals surface area (Å²) in [6.07, 6.45) is 0. The SMILES string of the molecule is CCOC(=O)C1=C(C)N=c2s/c(=C3/C(=O)N(CC)c4ccccc43)c(=O)n2[C@H]1c1ccc(F)cc1. The largest absolute Gasteiger partial charge is 0.463 e. The summed E-state index contributed by atoms with van der Waals surface area (Å²) in [5.74, 6) is -1.28. The molecule has 35 heavy (non-hydrogen) atoms. The van der Waals surface area contributed by atoms with E-state index in [9.17, 15) is 18.8 Å². The first-order valence-corrected chi connectivity index (χ1v) is 12.1. The van der Waals surface area contributed by atoms with Crippen LogP contribution < -0.4 is 19.8 Å². The maximum absolute atomic E-state index is 13.9. The average Bonchev–Trinajstić information content (AvgIpc) is 3.31. The molecule has 0 N–H and O–H groups in total. The summed E-state index contributed by atoms with van der Waals surface area (Å²) >= 11 is 1.11. The van der Waals surface area contributed by atoms with Gasteiger partial charge in [0.05, 0.1) is 35.2 Å². The van der Waals surface area contributed by atoms with Crippen molar-refractivity contribution in [2.45, 2.75) is 26.8 Å². The van der Waals surface area contributed by atoms with Gasteiger partial charge in [-0.1, -0.05) is 41.7 Å². The van der Waals surface area contributed by atoms with Gasteiger partial charge in [-0.25, -0.2) is 14.2 Å². The number of halogens is 1. The Labute approximate surface area is 204 Å². The molecule has 7 nitrogen and oxygen atoms in total. The third-order valence-corrected chi connectivity index (χ3v) is 7.20. The van der Waals surface area contributed by atoms with E-state index in [0.717, 1.165) is 17.0 Å². The van der Waals surface area contributed by atoms with Gasteiger partial charge in [0.15, 0.2) is 4.80 Å². The number of ether oxygens (including phenoxy) is 1. The highest BCUT2D eigenvalue weighted by Crippen LogP contribution is 2.35. The summed E-state index contributed by atoms with van der Waals surface area (Å²) in [4.78, 5) is 46.8. The minimum atomic E-state index is -0.866. The van der Waals surface area contributed by atoms with Gasteiger partial charge >= 0.3 is 5.97 Å².